The van der Waals surface area contributed by atoms with Crippen molar-refractivity contribution in [3.63, 3.8) is 0 Å². The molecule has 3 saturated carbocycles. The fourth-order valence-corrected chi connectivity index (χ4v) is 11.3. The molecule has 1 spiro atoms. The summed E-state index contributed by atoms with van der Waals surface area (Å²) in [7, 11) is 0. The highest BCUT2D eigenvalue weighted by molar-refractivity contribution is 7.18. The van der Waals surface area contributed by atoms with Gasteiger partial charge in [0.15, 0.2) is 5.79 Å². The smallest absolute Gasteiger partial charge is 0.385 e. The van der Waals surface area contributed by atoms with E-state index >= 15 is 8.78 Å². The minimum absolute atomic E-state index is 0.0438. The molecule has 0 amide bonds. The summed E-state index contributed by atoms with van der Waals surface area (Å²) in [6, 6.07) is 13.7. The van der Waals surface area contributed by atoms with E-state index < -0.39 is 52.8 Å². The van der Waals surface area contributed by atoms with Crippen molar-refractivity contribution >= 4 is 33.7 Å². The van der Waals surface area contributed by atoms with Gasteiger partial charge < -0.3 is 19.7 Å². The van der Waals surface area contributed by atoms with Crippen LogP contribution in [0.5, 0.6) is 0 Å². The van der Waals surface area contributed by atoms with Crippen LogP contribution in [0.2, 0.25) is 0 Å². The molecule has 2 heterocycles. The zero-order valence-electron chi connectivity index (χ0n) is 30.0. The Bertz CT molecular complexity index is 1960. The molecule has 0 bridgehead atoms. The number of aromatic nitrogens is 1. The monoisotopic (exact) mass is 743 g/mol. The Morgan fingerprint density at radius 3 is 2.33 bits per heavy atom. The first-order valence-corrected chi connectivity index (χ1v) is 19.2. The maximum absolute atomic E-state index is 15.5. The quantitative estimate of drug-likeness (QED) is 0.158. The van der Waals surface area contributed by atoms with Gasteiger partial charge in [-0.05, 0) is 91.7 Å². The second-order valence-electron chi connectivity index (χ2n) is 17.2. The summed E-state index contributed by atoms with van der Waals surface area (Å²) in [5.41, 5.74) is -1.21. The number of thiazole rings is 1. The molecule has 0 radical (unpaired) electrons. The molecule has 0 unspecified atom stereocenters. The van der Waals surface area contributed by atoms with Crippen LogP contribution in [0.25, 0.3) is 22.4 Å². The minimum Gasteiger partial charge on any atom is -0.385 e. The second-order valence-corrected chi connectivity index (χ2v) is 18.4. The van der Waals surface area contributed by atoms with Gasteiger partial charge in [-0.3, -0.25) is 0 Å². The number of aliphatic hydroxyl groups is 2. The molecule has 280 valence electrons. The molecule has 6 atom stereocenters. The number of benzene rings is 2. The number of alkyl halides is 5. The molecule has 2 N–H and O–H groups in total. The fraction of sp³-hybridized carbons (Fsp3) is 0.585. The number of rotatable bonds is 4. The highest BCUT2D eigenvalue weighted by atomic mass is 32.1. The maximum atomic E-state index is 15.5. The molecule has 4 fully saturated rings. The molecule has 1 aliphatic heterocycles. The van der Waals surface area contributed by atoms with Crippen LogP contribution in [0.1, 0.15) is 99.8 Å². The van der Waals surface area contributed by atoms with Crippen LogP contribution in [-0.2, 0) is 9.47 Å². The van der Waals surface area contributed by atoms with E-state index in [4.69, 9.17) is 9.47 Å². The van der Waals surface area contributed by atoms with Crippen LogP contribution in [-0.4, -0.2) is 57.5 Å². The van der Waals surface area contributed by atoms with E-state index in [0.717, 1.165) is 43.1 Å². The SMILES string of the molecule is Cc1nc2cc(/C=C/c3cccc([C@H]4C[C@@]5(C)[C@@H](CC[C@@]5(O)C(F)(F)C(F)(F)F)[C@@H]5CC[C@@]6(O)CC7(CCC6=C54)OCC(C)(C)CO7)c3)ccc2s1. The molecule has 1 saturated heterocycles. The van der Waals surface area contributed by atoms with E-state index in [9.17, 15) is 23.4 Å². The number of allylic oxidation sites excluding steroid dienone is 1. The van der Waals surface area contributed by atoms with E-state index in [2.05, 4.69) is 18.8 Å². The highest BCUT2D eigenvalue weighted by Crippen LogP contribution is 2.71. The van der Waals surface area contributed by atoms with Gasteiger partial charge in [-0.25, -0.2) is 4.98 Å². The van der Waals surface area contributed by atoms with E-state index in [1.54, 1.807) is 11.3 Å². The van der Waals surface area contributed by atoms with Crippen LogP contribution < -0.4 is 0 Å². The van der Waals surface area contributed by atoms with Crippen molar-refractivity contribution in [2.75, 3.05) is 13.2 Å². The Morgan fingerprint density at radius 2 is 1.62 bits per heavy atom. The second kappa shape index (κ2) is 11.9. The number of hydrogen-bond donors (Lipinski definition) is 2. The Kier molecular flexibility index (Phi) is 8.30. The average Bonchev–Trinajstić information content (AvgIpc) is 3.59. The standard InChI is InChI=1S/C41H46F5NO4S/c1-24-47-32-19-26(10-11-33(32)52-24)9-8-25-6-5-7-27(18-25)29-20-36(4)30(14-17-39(36,49)40(42,43)41(44,45)46)28-12-15-37(48)21-38(16-13-31(37)34(28)29)50-22-35(2,3)23-51-38/h5-11,18-19,28-30,48-49H,12-17,20-23H2,1-4H3/b9-8+/t28-,29+,30-,36-,37+,39-/m0/s1. The van der Waals surface area contributed by atoms with E-state index in [-0.39, 0.29) is 30.6 Å². The number of halogens is 5. The fourth-order valence-electron chi connectivity index (χ4n) is 10.5. The summed E-state index contributed by atoms with van der Waals surface area (Å²) in [5.74, 6) is -7.81. The Labute approximate surface area is 304 Å². The minimum atomic E-state index is -5.90. The van der Waals surface area contributed by atoms with Gasteiger partial charge in [-0.15, -0.1) is 11.3 Å². The third kappa shape index (κ3) is 5.54. The van der Waals surface area contributed by atoms with Crippen LogP contribution >= 0.6 is 11.3 Å². The van der Waals surface area contributed by atoms with Gasteiger partial charge in [-0.1, -0.05) is 68.8 Å². The van der Waals surface area contributed by atoms with Crippen LogP contribution in [0, 0.1) is 29.6 Å². The van der Waals surface area contributed by atoms with Gasteiger partial charge in [0.25, 0.3) is 0 Å². The average molecular weight is 744 g/mol. The number of nitrogens with zero attached hydrogens (tertiary/aromatic N) is 1. The van der Waals surface area contributed by atoms with Crippen molar-refractivity contribution in [1.82, 2.24) is 4.98 Å². The topological polar surface area (TPSA) is 71.8 Å². The van der Waals surface area contributed by atoms with Crippen molar-refractivity contribution in [3.05, 3.63) is 75.3 Å². The van der Waals surface area contributed by atoms with Crippen LogP contribution in [0.4, 0.5) is 22.0 Å². The van der Waals surface area contributed by atoms with Gasteiger partial charge in [-0.2, -0.15) is 22.0 Å². The molecule has 5 aliphatic rings. The first kappa shape index (κ1) is 36.3. The number of fused-ring (bicyclic) bond motifs is 5. The lowest BCUT2D eigenvalue weighted by Gasteiger charge is -2.59. The van der Waals surface area contributed by atoms with Gasteiger partial charge in [0.2, 0.25) is 0 Å². The van der Waals surface area contributed by atoms with E-state index in [0.29, 0.717) is 38.9 Å². The summed E-state index contributed by atoms with van der Waals surface area (Å²) in [6.07, 6.45) is -0.770. The lowest BCUT2D eigenvalue weighted by molar-refractivity contribution is -0.362. The molecule has 4 aliphatic carbocycles. The summed E-state index contributed by atoms with van der Waals surface area (Å²) >= 11 is 1.63. The molecular weight excluding hydrogens is 698 g/mol. The highest BCUT2D eigenvalue weighted by Gasteiger charge is 2.79. The van der Waals surface area contributed by atoms with Gasteiger partial charge in [0.1, 0.15) is 5.60 Å². The first-order chi connectivity index (χ1) is 24.3. The molecule has 8 rings (SSSR count). The molecular formula is C41H46F5NO4S. The molecule has 1 aromatic heterocycles. The van der Waals surface area contributed by atoms with Crippen molar-refractivity contribution in [3.8, 4) is 0 Å². The molecule has 3 aromatic rings. The predicted octanol–water partition coefficient (Wildman–Crippen LogP) is 10.00. The van der Waals surface area contributed by atoms with Crippen molar-refractivity contribution < 1.29 is 41.6 Å². The summed E-state index contributed by atoms with van der Waals surface area (Å²) in [5, 5.41) is 25.2. The van der Waals surface area contributed by atoms with E-state index in [1.165, 1.54) is 6.92 Å². The van der Waals surface area contributed by atoms with Crippen LogP contribution in [0.15, 0.2) is 53.6 Å². The summed E-state index contributed by atoms with van der Waals surface area (Å²) < 4.78 is 87.1. The van der Waals surface area contributed by atoms with Crippen molar-refractivity contribution in [1.29, 1.82) is 0 Å². The van der Waals surface area contributed by atoms with Gasteiger partial charge >= 0.3 is 12.1 Å². The summed E-state index contributed by atoms with van der Waals surface area (Å²) in [6.45, 7) is 8.52. The third-order valence-corrected chi connectivity index (χ3v) is 14.1. The Balaban J connectivity index is 1.21. The third-order valence-electron chi connectivity index (χ3n) is 13.2. The normalized spacial score (nSPS) is 34.5. The lowest BCUT2D eigenvalue weighted by atomic mass is 9.49. The van der Waals surface area contributed by atoms with Gasteiger partial charge in [0.05, 0.1) is 34.0 Å². The molecule has 5 nitrogen and oxygen atoms in total. The number of hydrogen-bond acceptors (Lipinski definition) is 6. The molecule has 2 aromatic carbocycles. The van der Waals surface area contributed by atoms with Crippen LogP contribution in [0.3, 0.4) is 0 Å². The largest absolute Gasteiger partial charge is 0.456 e. The zero-order valence-corrected chi connectivity index (χ0v) is 30.8. The van der Waals surface area contributed by atoms with Gasteiger partial charge in [0, 0.05) is 29.6 Å². The molecule has 11 heteroatoms. The van der Waals surface area contributed by atoms with E-state index in [1.807, 2.05) is 61.5 Å². The Morgan fingerprint density at radius 1 is 0.904 bits per heavy atom. The number of ether oxygens (including phenoxy) is 2. The van der Waals surface area contributed by atoms with Crippen molar-refractivity contribution in [2.24, 2.45) is 22.7 Å². The predicted molar refractivity (Wildman–Crippen MR) is 191 cm³/mol. The Hall–Kier alpha value is -2.70. The summed E-state index contributed by atoms with van der Waals surface area (Å²) in [4.78, 5) is 4.59. The number of aryl methyl sites for hydroxylation is 1. The first-order valence-electron chi connectivity index (χ1n) is 18.3. The maximum Gasteiger partial charge on any atom is 0.456 e. The molecule has 52 heavy (non-hydrogen) atoms. The lowest BCUT2D eigenvalue weighted by Crippen LogP contribution is -2.65. The zero-order chi connectivity index (χ0) is 37.1. The van der Waals surface area contributed by atoms with Crippen molar-refractivity contribution in [2.45, 2.75) is 114 Å².